The van der Waals surface area contributed by atoms with Crippen LogP contribution in [0.4, 0.5) is 0 Å². The second-order valence-electron chi connectivity index (χ2n) is 8.35. The first kappa shape index (κ1) is 25.1. The number of carbonyl (C=O) groups excluding carboxylic acids is 1. The maximum atomic E-state index is 13.3. The van der Waals surface area contributed by atoms with Gasteiger partial charge < -0.3 is 19.2 Å². The molecule has 3 atom stereocenters. The lowest BCUT2D eigenvalue weighted by Crippen LogP contribution is -2.39. The highest BCUT2D eigenvalue weighted by Gasteiger charge is 2.35. The molecule has 0 bridgehead atoms. The van der Waals surface area contributed by atoms with Gasteiger partial charge in [-0.1, -0.05) is 44.2 Å². The zero-order valence-corrected chi connectivity index (χ0v) is 20.9. The molecule has 1 aromatic carbocycles. The van der Waals surface area contributed by atoms with Gasteiger partial charge in [0.25, 0.3) is 5.91 Å². The Hall–Kier alpha value is -2.58. The number of thioether (sulfide) groups is 1. The van der Waals surface area contributed by atoms with Crippen LogP contribution >= 0.6 is 24.0 Å². The third-order valence-corrected chi connectivity index (χ3v) is 7.26. The molecule has 0 aliphatic heterocycles. The molecule has 33 heavy (non-hydrogen) atoms. The van der Waals surface area contributed by atoms with Gasteiger partial charge in [-0.3, -0.25) is 4.79 Å². The van der Waals surface area contributed by atoms with Gasteiger partial charge in [0, 0.05) is 29.4 Å². The van der Waals surface area contributed by atoms with Crippen molar-refractivity contribution in [2.24, 2.45) is 11.8 Å². The molecular formula is C25H29NO5S2. The van der Waals surface area contributed by atoms with E-state index in [9.17, 15) is 14.7 Å². The van der Waals surface area contributed by atoms with E-state index in [-0.39, 0.29) is 23.3 Å². The lowest BCUT2D eigenvalue weighted by Gasteiger charge is -2.28. The molecule has 1 heterocycles. The van der Waals surface area contributed by atoms with Gasteiger partial charge in [0.2, 0.25) is 0 Å². The van der Waals surface area contributed by atoms with Gasteiger partial charge in [0.05, 0.1) is 12.0 Å². The van der Waals surface area contributed by atoms with Crippen LogP contribution in [-0.4, -0.2) is 46.8 Å². The highest BCUT2D eigenvalue weighted by atomic mass is 32.2. The number of hydrogen-bond donors (Lipinski definition) is 1. The molecule has 2 aromatic rings. The topological polar surface area (TPSA) is 80.0 Å². The molecule has 6 nitrogen and oxygen atoms in total. The zero-order valence-electron chi connectivity index (χ0n) is 19.2. The van der Waals surface area contributed by atoms with E-state index in [2.05, 4.69) is 13.8 Å². The molecule has 1 amide bonds. The minimum atomic E-state index is -1.08. The standard InChI is InChI=1S/C25H29NO5S2/c1-5-16-10-15(2)20(11-16)26(3)24(27)23(33-14-32)13-18-7-9-21(31-18)17-6-8-22(30-4)19(12-17)25(28)29/h6-9,12-16,20H,5,10-11H2,1-4H3,(H,28,29)/b23-13-. The van der Waals surface area contributed by atoms with Crippen LogP contribution in [-0.2, 0) is 4.79 Å². The number of likely N-dealkylation sites (N-methyl/N-ethyl adjacent to an activating group) is 1. The molecule has 1 saturated carbocycles. The smallest absolute Gasteiger partial charge is 0.339 e. The number of carboxylic acid groups (broad SMARTS) is 1. The van der Waals surface area contributed by atoms with Gasteiger partial charge in [-0.05, 0) is 55.0 Å². The average molecular weight is 488 g/mol. The number of furan rings is 1. The number of ether oxygens (including phenoxy) is 1. The Morgan fingerprint density at radius 3 is 2.67 bits per heavy atom. The molecule has 0 radical (unpaired) electrons. The van der Waals surface area contributed by atoms with Crippen LogP contribution in [0.5, 0.6) is 5.75 Å². The number of carbonyl (C=O) groups is 2. The van der Waals surface area contributed by atoms with Crippen molar-refractivity contribution in [3.05, 3.63) is 46.6 Å². The van der Waals surface area contributed by atoms with Gasteiger partial charge >= 0.3 is 5.97 Å². The molecule has 1 aromatic heterocycles. The van der Waals surface area contributed by atoms with Crippen LogP contribution in [0, 0.1) is 11.8 Å². The van der Waals surface area contributed by atoms with Crippen LogP contribution in [0.15, 0.2) is 39.7 Å². The normalized spacial score (nSPS) is 20.5. The average Bonchev–Trinajstić information content (AvgIpc) is 3.43. The number of carboxylic acids is 1. The van der Waals surface area contributed by atoms with Gasteiger partial charge in [-0.15, -0.1) is 0 Å². The summed E-state index contributed by atoms with van der Waals surface area (Å²) in [4.78, 5) is 27.1. The molecule has 3 unspecified atom stereocenters. The fraction of sp³-hybridized carbons (Fsp3) is 0.400. The maximum Gasteiger partial charge on any atom is 0.339 e. The Morgan fingerprint density at radius 1 is 1.30 bits per heavy atom. The summed E-state index contributed by atoms with van der Waals surface area (Å²) in [5.74, 6) is 1.21. The van der Waals surface area contributed by atoms with E-state index in [4.69, 9.17) is 21.4 Å². The SMILES string of the molecule is CCC1CC(C)C(N(C)C(=O)/C(=C/c2ccc(-c3ccc(OC)c(C(=O)O)c3)o2)SC=S)C1. The van der Waals surface area contributed by atoms with Crippen LogP contribution in [0.2, 0.25) is 0 Å². The molecule has 0 saturated heterocycles. The Balaban J connectivity index is 1.85. The molecule has 0 spiro atoms. The first-order chi connectivity index (χ1) is 15.8. The first-order valence-corrected chi connectivity index (χ1v) is 12.2. The van der Waals surface area contributed by atoms with Crippen molar-refractivity contribution < 1.29 is 23.8 Å². The van der Waals surface area contributed by atoms with E-state index in [1.54, 1.807) is 30.3 Å². The number of amides is 1. The van der Waals surface area contributed by atoms with E-state index in [1.807, 2.05) is 11.9 Å². The summed E-state index contributed by atoms with van der Waals surface area (Å²) in [7, 11) is 3.28. The van der Waals surface area contributed by atoms with E-state index in [0.717, 1.165) is 19.3 Å². The number of rotatable bonds is 9. The summed E-state index contributed by atoms with van der Waals surface area (Å²) < 4.78 is 12.5. The number of hydrogen-bond acceptors (Lipinski definition) is 6. The molecule has 1 N–H and O–H groups in total. The predicted molar refractivity (Wildman–Crippen MR) is 136 cm³/mol. The molecular weight excluding hydrogens is 458 g/mol. The van der Waals surface area contributed by atoms with Gasteiger partial charge in [0.1, 0.15) is 22.8 Å². The van der Waals surface area contributed by atoms with Crippen molar-refractivity contribution in [1.29, 1.82) is 0 Å². The van der Waals surface area contributed by atoms with Crippen LogP contribution in [0.3, 0.4) is 0 Å². The van der Waals surface area contributed by atoms with E-state index >= 15 is 0 Å². The Labute approximate surface area is 204 Å². The third kappa shape index (κ3) is 5.68. The molecule has 1 fully saturated rings. The lowest BCUT2D eigenvalue weighted by atomic mass is 10.0. The summed E-state index contributed by atoms with van der Waals surface area (Å²) in [6.45, 7) is 4.41. The molecule has 176 valence electrons. The number of aromatic carboxylic acids is 1. The number of benzene rings is 1. The van der Waals surface area contributed by atoms with Gasteiger partial charge in [-0.2, -0.15) is 0 Å². The second-order valence-corrected chi connectivity index (χ2v) is 9.80. The minimum absolute atomic E-state index is 0.0494. The van der Waals surface area contributed by atoms with Gasteiger partial charge in [-0.25, -0.2) is 4.79 Å². The Morgan fingerprint density at radius 2 is 2.06 bits per heavy atom. The van der Waals surface area contributed by atoms with E-state index < -0.39 is 5.97 Å². The summed E-state index contributed by atoms with van der Waals surface area (Å²) in [5, 5.41) is 9.43. The highest BCUT2D eigenvalue weighted by molar-refractivity contribution is 8.24. The first-order valence-electron chi connectivity index (χ1n) is 10.9. The summed E-state index contributed by atoms with van der Waals surface area (Å²) in [5.41, 5.74) is 0.652. The monoisotopic (exact) mass is 487 g/mol. The van der Waals surface area contributed by atoms with Crippen molar-refractivity contribution in [2.45, 2.75) is 39.2 Å². The van der Waals surface area contributed by atoms with Crippen molar-refractivity contribution in [3.8, 4) is 17.1 Å². The highest BCUT2D eigenvalue weighted by Crippen LogP contribution is 2.37. The maximum absolute atomic E-state index is 13.3. The van der Waals surface area contributed by atoms with E-state index in [0.29, 0.717) is 33.8 Å². The Bertz CT molecular complexity index is 1060. The number of methoxy groups -OCH3 is 1. The quantitative estimate of drug-likeness (QED) is 0.345. The summed E-state index contributed by atoms with van der Waals surface area (Å²) in [6, 6.07) is 8.53. The molecule has 1 aliphatic rings. The third-order valence-electron chi connectivity index (χ3n) is 6.33. The zero-order chi connectivity index (χ0) is 24.1. The molecule has 8 heteroatoms. The van der Waals surface area contributed by atoms with Crippen molar-refractivity contribution >= 4 is 46.6 Å². The molecule has 3 rings (SSSR count). The fourth-order valence-corrected chi connectivity index (χ4v) is 5.34. The molecule has 1 aliphatic carbocycles. The number of thiocarbonyl (C=S) groups is 1. The van der Waals surface area contributed by atoms with Crippen LogP contribution in [0.1, 0.15) is 49.2 Å². The second kappa shape index (κ2) is 11.0. The van der Waals surface area contributed by atoms with Crippen molar-refractivity contribution in [1.82, 2.24) is 4.90 Å². The predicted octanol–water partition coefficient (Wildman–Crippen LogP) is 5.97. The summed E-state index contributed by atoms with van der Waals surface area (Å²) >= 11 is 6.21. The fourth-order valence-electron chi connectivity index (χ4n) is 4.49. The Kier molecular flexibility index (Phi) is 8.37. The van der Waals surface area contributed by atoms with Gasteiger partial charge in [0.15, 0.2) is 0 Å². The minimum Gasteiger partial charge on any atom is -0.496 e. The summed E-state index contributed by atoms with van der Waals surface area (Å²) in [6.07, 6.45) is 4.97. The van der Waals surface area contributed by atoms with Crippen LogP contribution in [0.25, 0.3) is 17.4 Å². The van der Waals surface area contributed by atoms with Crippen LogP contribution < -0.4 is 4.74 Å². The largest absolute Gasteiger partial charge is 0.496 e. The van der Waals surface area contributed by atoms with Crippen molar-refractivity contribution in [2.75, 3.05) is 14.2 Å². The van der Waals surface area contributed by atoms with E-state index in [1.165, 1.54) is 29.6 Å². The lowest BCUT2D eigenvalue weighted by molar-refractivity contribution is -0.127. The van der Waals surface area contributed by atoms with Crippen molar-refractivity contribution in [3.63, 3.8) is 0 Å². The number of nitrogens with zero attached hydrogens (tertiary/aromatic N) is 1.